The summed E-state index contributed by atoms with van der Waals surface area (Å²) in [7, 11) is 0. The van der Waals surface area contributed by atoms with Crippen molar-refractivity contribution in [3.05, 3.63) is 63.6 Å². The molecule has 0 aliphatic carbocycles. The van der Waals surface area contributed by atoms with Crippen LogP contribution in [0.2, 0.25) is 0 Å². The fraction of sp³-hybridized carbons (Fsp3) is 0.316. The molecule has 0 aliphatic heterocycles. The van der Waals surface area contributed by atoms with Gasteiger partial charge in [0.05, 0.1) is 10.0 Å². The Balaban J connectivity index is 2.15. The van der Waals surface area contributed by atoms with E-state index in [9.17, 15) is 4.79 Å². The lowest BCUT2D eigenvalue weighted by Crippen LogP contribution is -2.13. The lowest BCUT2D eigenvalue weighted by atomic mass is 9.87. The number of benzene rings is 2. The number of rotatable bonds is 3. The van der Waals surface area contributed by atoms with E-state index in [1.54, 1.807) is 0 Å². The van der Waals surface area contributed by atoms with Crippen molar-refractivity contribution in [3.63, 3.8) is 0 Å². The van der Waals surface area contributed by atoms with Gasteiger partial charge in [0, 0.05) is 0 Å². The molecule has 0 fully saturated rings. The SMILES string of the molecule is CCc1ccc(OC(=O)c2ccc(C(C)(C)C)cc2)c(Br)c1. The summed E-state index contributed by atoms with van der Waals surface area (Å²) in [5, 5.41) is 0. The summed E-state index contributed by atoms with van der Waals surface area (Å²) in [6.45, 7) is 8.52. The van der Waals surface area contributed by atoms with Crippen molar-refractivity contribution in [2.45, 2.75) is 39.5 Å². The molecule has 2 rings (SSSR count). The molecule has 0 atom stereocenters. The first-order valence-electron chi connectivity index (χ1n) is 7.42. The molecule has 0 heterocycles. The first-order chi connectivity index (χ1) is 10.3. The summed E-state index contributed by atoms with van der Waals surface area (Å²) in [5.41, 5.74) is 3.01. The second-order valence-electron chi connectivity index (χ2n) is 6.34. The van der Waals surface area contributed by atoms with E-state index in [4.69, 9.17) is 4.74 Å². The van der Waals surface area contributed by atoms with Crippen LogP contribution in [0.4, 0.5) is 0 Å². The number of halogens is 1. The number of hydrogen-bond donors (Lipinski definition) is 0. The Kier molecular flexibility index (Phi) is 5.07. The topological polar surface area (TPSA) is 26.3 Å². The number of aryl methyl sites for hydroxylation is 1. The van der Waals surface area contributed by atoms with Gasteiger partial charge in [-0.2, -0.15) is 0 Å². The van der Waals surface area contributed by atoms with Crippen LogP contribution < -0.4 is 4.74 Å². The van der Waals surface area contributed by atoms with E-state index in [1.165, 1.54) is 11.1 Å². The number of esters is 1. The largest absolute Gasteiger partial charge is 0.422 e. The van der Waals surface area contributed by atoms with Crippen molar-refractivity contribution >= 4 is 21.9 Å². The van der Waals surface area contributed by atoms with Gasteiger partial charge in [0.1, 0.15) is 5.75 Å². The molecular weight excluding hydrogens is 340 g/mol. The highest BCUT2D eigenvalue weighted by Gasteiger charge is 2.15. The van der Waals surface area contributed by atoms with Gasteiger partial charge in [-0.15, -0.1) is 0 Å². The van der Waals surface area contributed by atoms with Gasteiger partial charge in [-0.25, -0.2) is 4.79 Å². The molecule has 0 spiro atoms. The maximum atomic E-state index is 12.2. The molecule has 0 unspecified atom stereocenters. The number of carbonyl (C=O) groups is 1. The Labute approximate surface area is 140 Å². The minimum absolute atomic E-state index is 0.0709. The van der Waals surface area contributed by atoms with Crippen LogP contribution in [0.25, 0.3) is 0 Å². The van der Waals surface area contributed by atoms with E-state index in [-0.39, 0.29) is 11.4 Å². The predicted octanol–water partition coefficient (Wildman–Crippen LogP) is 5.53. The average molecular weight is 361 g/mol. The molecule has 0 saturated heterocycles. The van der Waals surface area contributed by atoms with Gasteiger partial charge in [-0.05, 0) is 63.2 Å². The Morgan fingerprint density at radius 2 is 1.73 bits per heavy atom. The molecule has 0 radical (unpaired) electrons. The third kappa shape index (κ3) is 3.98. The van der Waals surface area contributed by atoms with E-state index in [1.807, 2.05) is 42.5 Å². The van der Waals surface area contributed by atoms with Gasteiger partial charge in [-0.3, -0.25) is 0 Å². The summed E-state index contributed by atoms with van der Waals surface area (Å²) < 4.78 is 6.27. The predicted molar refractivity (Wildman–Crippen MR) is 93.6 cm³/mol. The first kappa shape index (κ1) is 16.8. The van der Waals surface area contributed by atoms with E-state index in [0.717, 1.165) is 10.9 Å². The molecule has 0 bridgehead atoms. The van der Waals surface area contributed by atoms with E-state index < -0.39 is 0 Å². The summed E-state index contributed by atoms with van der Waals surface area (Å²) in [6, 6.07) is 13.4. The zero-order valence-electron chi connectivity index (χ0n) is 13.4. The van der Waals surface area contributed by atoms with Crippen LogP contribution in [0.1, 0.15) is 49.2 Å². The minimum Gasteiger partial charge on any atom is -0.422 e. The highest BCUT2D eigenvalue weighted by atomic mass is 79.9. The van der Waals surface area contributed by atoms with Crippen molar-refractivity contribution in [2.24, 2.45) is 0 Å². The maximum absolute atomic E-state index is 12.2. The molecule has 3 heteroatoms. The summed E-state index contributed by atoms with van der Waals surface area (Å²) >= 11 is 3.45. The third-order valence-electron chi connectivity index (χ3n) is 3.59. The van der Waals surface area contributed by atoms with Crippen LogP contribution in [0.3, 0.4) is 0 Å². The van der Waals surface area contributed by atoms with Gasteiger partial charge in [-0.1, -0.05) is 45.9 Å². The van der Waals surface area contributed by atoms with E-state index in [2.05, 4.69) is 43.6 Å². The Hall–Kier alpha value is -1.61. The smallest absolute Gasteiger partial charge is 0.343 e. The molecule has 0 saturated carbocycles. The van der Waals surface area contributed by atoms with Gasteiger partial charge >= 0.3 is 5.97 Å². The molecule has 22 heavy (non-hydrogen) atoms. The van der Waals surface area contributed by atoms with E-state index in [0.29, 0.717) is 11.3 Å². The number of ether oxygens (including phenoxy) is 1. The highest BCUT2D eigenvalue weighted by Crippen LogP contribution is 2.27. The molecule has 0 aromatic heterocycles. The average Bonchev–Trinajstić information content (AvgIpc) is 2.48. The molecular formula is C19H21BrO2. The van der Waals surface area contributed by atoms with Crippen LogP contribution in [-0.2, 0) is 11.8 Å². The number of hydrogen-bond acceptors (Lipinski definition) is 2. The summed E-state index contributed by atoms with van der Waals surface area (Å²) in [5.74, 6) is 0.201. The number of carbonyl (C=O) groups excluding carboxylic acids is 1. The lowest BCUT2D eigenvalue weighted by Gasteiger charge is -2.19. The van der Waals surface area contributed by atoms with Crippen molar-refractivity contribution in [1.29, 1.82) is 0 Å². The molecule has 2 aromatic carbocycles. The second-order valence-corrected chi connectivity index (χ2v) is 7.19. The maximum Gasteiger partial charge on any atom is 0.343 e. The first-order valence-corrected chi connectivity index (χ1v) is 8.21. The van der Waals surface area contributed by atoms with Crippen LogP contribution in [0, 0.1) is 0 Å². The van der Waals surface area contributed by atoms with Gasteiger partial charge < -0.3 is 4.74 Å². The fourth-order valence-corrected chi connectivity index (χ4v) is 2.62. The van der Waals surface area contributed by atoms with Gasteiger partial charge in [0.2, 0.25) is 0 Å². The summed E-state index contributed by atoms with van der Waals surface area (Å²) in [6.07, 6.45) is 0.946. The monoisotopic (exact) mass is 360 g/mol. The zero-order valence-corrected chi connectivity index (χ0v) is 15.0. The quantitative estimate of drug-likeness (QED) is 0.531. The molecule has 116 valence electrons. The van der Waals surface area contributed by atoms with Crippen LogP contribution in [-0.4, -0.2) is 5.97 Å². The van der Waals surface area contributed by atoms with Crippen molar-refractivity contribution < 1.29 is 9.53 Å². The van der Waals surface area contributed by atoms with Crippen molar-refractivity contribution in [1.82, 2.24) is 0 Å². The standard InChI is InChI=1S/C19H21BrO2/c1-5-13-6-11-17(16(20)12-13)22-18(21)14-7-9-15(10-8-14)19(2,3)4/h6-12H,5H2,1-4H3. The van der Waals surface area contributed by atoms with Crippen LogP contribution >= 0.6 is 15.9 Å². The fourth-order valence-electron chi connectivity index (χ4n) is 2.11. The van der Waals surface area contributed by atoms with Crippen molar-refractivity contribution in [3.8, 4) is 5.75 Å². The zero-order chi connectivity index (χ0) is 16.3. The van der Waals surface area contributed by atoms with E-state index >= 15 is 0 Å². The highest BCUT2D eigenvalue weighted by molar-refractivity contribution is 9.10. The van der Waals surface area contributed by atoms with Crippen LogP contribution in [0.15, 0.2) is 46.9 Å². The molecule has 0 amide bonds. The summed E-state index contributed by atoms with van der Waals surface area (Å²) in [4.78, 5) is 12.2. The third-order valence-corrected chi connectivity index (χ3v) is 4.21. The Morgan fingerprint density at radius 1 is 1.09 bits per heavy atom. The Bertz CT molecular complexity index is 667. The lowest BCUT2D eigenvalue weighted by molar-refractivity contribution is 0.0733. The molecule has 0 N–H and O–H groups in total. The second kappa shape index (κ2) is 6.66. The van der Waals surface area contributed by atoms with Crippen LogP contribution in [0.5, 0.6) is 5.75 Å². The molecule has 2 nitrogen and oxygen atoms in total. The van der Waals surface area contributed by atoms with Crippen molar-refractivity contribution in [2.75, 3.05) is 0 Å². The normalized spacial score (nSPS) is 11.3. The minimum atomic E-state index is -0.342. The molecule has 0 aliphatic rings. The van der Waals surface area contributed by atoms with Gasteiger partial charge in [0.15, 0.2) is 0 Å². The Morgan fingerprint density at radius 3 is 2.23 bits per heavy atom. The molecule has 2 aromatic rings. The van der Waals surface area contributed by atoms with Gasteiger partial charge in [0.25, 0.3) is 0 Å².